The van der Waals surface area contributed by atoms with E-state index in [1.165, 1.54) is 0 Å². The summed E-state index contributed by atoms with van der Waals surface area (Å²) in [6.45, 7) is 2.54. The first-order valence-corrected chi connectivity index (χ1v) is 7.64. The zero-order valence-electron chi connectivity index (χ0n) is 12.1. The van der Waals surface area contributed by atoms with Gasteiger partial charge < -0.3 is 9.84 Å². The van der Waals surface area contributed by atoms with Crippen LogP contribution >= 0.6 is 11.8 Å². The van der Waals surface area contributed by atoms with E-state index in [-0.39, 0.29) is 5.56 Å². The molecule has 1 aromatic carbocycles. The molecule has 6 heteroatoms. The first kappa shape index (κ1) is 15.4. The van der Waals surface area contributed by atoms with Gasteiger partial charge in [-0.15, -0.1) is 11.8 Å². The number of aromatic nitrogens is 2. The smallest absolute Gasteiger partial charge is 0.335 e. The zero-order chi connectivity index (χ0) is 15.2. The summed E-state index contributed by atoms with van der Waals surface area (Å²) in [5.41, 5.74) is 1.26. The number of carbonyl (C=O) groups is 1. The Balaban J connectivity index is 1.73. The van der Waals surface area contributed by atoms with Crippen molar-refractivity contribution in [2.24, 2.45) is 7.05 Å². The maximum Gasteiger partial charge on any atom is 0.335 e. The Morgan fingerprint density at radius 3 is 2.90 bits per heavy atom. The minimum atomic E-state index is -0.942. The van der Waals surface area contributed by atoms with Crippen molar-refractivity contribution < 1.29 is 14.6 Å². The molecule has 0 aliphatic carbocycles. The van der Waals surface area contributed by atoms with Crippen molar-refractivity contribution in [1.29, 1.82) is 0 Å². The molecule has 0 radical (unpaired) electrons. The monoisotopic (exact) mass is 306 g/mol. The quantitative estimate of drug-likeness (QED) is 0.629. The summed E-state index contributed by atoms with van der Waals surface area (Å²) in [7, 11) is 1.93. The largest absolute Gasteiger partial charge is 0.494 e. The number of benzene rings is 1. The molecule has 1 N–H and O–H groups in total. The molecular formula is C15H18N2O3S. The molecule has 1 heterocycles. The van der Waals surface area contributed by atoms with E-state index in [9.17, 15) is 4.79 Å². The Hall–Kier alpha value is -1.95. The topological polar surface area (TPSA) is 64.3 Å². The van der Waals surface area contributed by atoms with E-state index in [1.54, 1.807) is 36.0 Å². The fourth-order valence-corrected chi connectivity index (χ4v) is 2.82. The normalized spacial score (nSPS) is 10.6. The number of rotatable bonds is 7. The van der Waals surface area contributed by atoms with Crippen LogP contribution in [-0.4, -0.2) is 33.2 Å². The number of aromatic carboxylic acids is 1. The molecule has 0 unspecified atom stereocenters. The van der Waals surface area contributed by atoms with Gasteiger partial charge >= 0.3 is 5.97 Å². The molecule has 1 aromatic heterocycles. The van der Waals surface area contributed by atoms with Gasteiger partial charge in [-0.2, -0.15) is 5.10 Å². The Kier molecular flexibility index (Phi) is 5.27. The molecule has 0 aliphatic heterocycles. The second-order valence-electron chi connectivity index (χ2n) is 4.63. The highest BCUT2D eigenvalue weighted by Gasteiger charge is 2.04. The molecule has 2 rings (SSSR count). The average Bonchev–Trinajstić information content (AvgIpc) is 2.77. The molecule has 0 aliphatic rings. The van der Waals surface area contributed by atoms with Crippen LogP contribution in [-0.2, 0) is 7.05 Å². The van der Waals surface area contributed by atoms with E-state index in [4.69, 9.17) is 9.84 Å². The van der Waals surface area contributed by atoms with Crippen LogP contribution in [0.4, 0.5) is 0 Å². The lowest BCUT2D eigenvalue weighted by Crippen LogP contribution is -2.01. The van der Waals surface area contributed by atoms with Gasteiger partial charge in [-0.25, -0.2) is 4.79 Å². The number of ether oxygens (including phenoxy) is 1. The molecule has 5 nitrogen and oxygen atoms in total. The van der Waals surface area contributed by atoms with Crippen LogP contribution in [0.2, 0.25) is 0 Å². The van der Waals surface area contributed by atoms with Gasteiger partial charge in [0.1, 0.15) is 5.75 Å². The lowest BCUT2D eigenvalue weighted by molar-refractivity contribution is 0.0696. The molecule has 0 amide bonds. The fraction of sp³-hybridized carbons (Fsp3) is 0.333. The van der Waals surface area contributed by atoms with Gasteiger partial charge in [0.15, 0.2) is 0 Å². The van der Waals surface area contributed by atoms with Crippen LogP contribution < -0.4 is 4.74 Å². The van der Waals surface area contributed by atoms with E-state index in [1.807, 2.05) is 18.7 Å². The molecular weight excluding hydrogens is 288 g/mol. The van der Waals surface area contributed by atoms with E-state index in [2.05, 4.69) is 11.2 Å². The highest BCUT2D eigenvalue weighted by atomic mass is 32.2. The number of carboxylic acid groups (broad SMARTS) is 1. The minimum Gasteiger partial charge on any atom is -0.494 e. The third kappa shape index (κ3) is 4.53. The van der Waals surface area contributed by atoms with Crippen molar-refractivity contribution in [2.75, 3.05) is 12.4 Å². The Labute approximate surface area is 127 Å². The highest BCUT2D eigenvalue weighted by Crippen LogP contribution is 2.19. The number of nitrogens with zero attached hydrogens (tertiary/aromatic N) is 2. The first-order chi connectivity index (χ1) is 10.1. The first-order valence-electron chi connectivity index (χ1n) is 6.66. The van der Waals surface area contributed by atoms with Gasteiger partial charge in [-0.3, -0.25) is 4.68 Å². The van der Waals surface area contributed by atoms with Gasteiger partial charge in [0.05, 0.1) is 22.9 Å². The third-order valence-corrected chi connectivity index (χ3v) is 4.02. The summed E-state index contributed by atoms with van der Waals surface area (Å²) in [6, 6.07) is 8.60. The highest BCUT2D eigenvalue weighted by molar-refractivity contribution is 7.99. The summed E-state index contributed by atoms with van der Waals surface area (Å²) in [4.78, 5) is 10.9. The summed E-state index contributed by atoms with van der Waals surface area (Å²) >= 11 is 1.74. The standard InChI is InChI=1S/C15H18N2O3S/c1-11-9-14(17(2)16-11)21-8-4-7-20-13-6-3-5-12(10-13)15(18)19/h3,5-6,9-10H,4,7-8H2,1-2H3,(H,18,19). The van der Waals surface area contributed by atoms with Gasteiger partial charge in [0.25, 0.3) is 0 Å². The minimum absolute atomic E-state index is 0.243. The van der Waals surface area contributed by atoms with E-state index >= 15 is 0 Å². The molecule has 2 aromatic rings. The lowest BCUT2D eigenvalue weighted by Gasteiger charge is -2.06. The van der Waals surface area contributed by atoms with Crippen LogP contribution in [0.15, 0.2) is 35.4 Å². The van der Waals surface area contributed by atoms with Crippen molar-refractivity contribution in [3.8, 4) is 5.75 Å². The van der Waals surface area contributed by atoms with E-state index in [0.29, 0.717) is 12.4 Å². The second-order valence-corrected chi connectivity index (χ2v) is 5.75. The molecule has 0 fully saturated rings. The number of aryl methyl sites for hydroxylation is 2. The molecule has 0 bridgehead atoms. The van der Waals surface area contributed by atoms with Crippen LogP contribution in [0.3, 0.4) is 0 Å². The molecule has 0 saturated heterocycles. The van der Waals surface area contributed by atoms with Crippen molar-refractivity contribution >= 4 is 17.7 Å². The second kappa shape index (κ2) is 7.17. The van der Waals surface area contributed by atoms with Crippen LogP contribution in [0.25, 0.3) is 0 Å². The van der Waals surface area contributed by atoms with Crippen molar-refractivity contribution in [1.82, 2.24) is 9.78 Å². The van der Waals surface area contributed by atoms with Crippen molar-refractivity contribution in [3.05, 3.63) is 41.6 Å². The van der Waals surface area contributed by atoms with Crippen LogP contribution in [0.1, 0.15) is 22.5 Å². The van der Waals surface area contributed by atoms with Crippen LogP contribution in [0, 0.1) is 6.92 Å². The maximum absolute atomic E-state index is 10.9. The van der Waals surface area contributed by atoms with Crippen LogP contribution in [0.5, 0.6) is 5.75 Å². The van der Waals surface area contributed by atoms with Gasteiger partial charge in [0.2, 0.25) is 0 Å². The maximum atomic E-state index is 10.9. The van der Waals surface area contributed by atoms with E-state index < -0.39 is 5.97 Å². The number of hydrogen-bond donors (Lipinski definition) is 1. The summed E-state index contributed by atoms with van der Waals surface area (Å²) < 4.78 is 7.44. The molecule has 0 atom stereocenters. The predicted molar refractivity (Wildman–Crippen MR) is 82.2 cm³/mol. The lowest BCUT2D eigenvalue weighted by atomic mass is 10.2. The number of thioether (sulfide) groups is 1. The Morgan fingerprint density at radius 2 is 2.24 bits per heavy atom. The van der Waals surface area contributed by atoms with Crippen molar-refractivity contribution in [3.63, 3.8) is 0 Å². The molecule has 21 heavy (non-hydrogen) atoms. The Bertz CT molecular complexity index is 625. The summed E-state index contributed by atoms with van der Waals surface area (Å²) in [6.07, 6.45) is 0.881. The van der Waals surface area contributed by atoms with E-state index in [0.717, 1.165) is 22.9 Å². The van der Waals surface area contributed by atoms with Gasteiger partial charge in [-0.1, -0.05) is 6.07 Å². The SMILES string of the molecule is Cc1cc(SCCCOc2cccc(C(=O)O)c2)n(C)n1. The molecule has 0 saturated carbocycles. The predicted octanol–water partition coefficient (Wildman–Crippen LogP) is 2.99. The number of carboxylic acids is 1. The molecule has 112 valence electrons. The van der Waals surface area contributed by atoms with Crippen molar-refractivity contribution in [2.45, 2.75) is 18.4 Å². The van der Waals surface area contributed by atoms with Gasteiger partial charge in [0, 0.05) is 12.8 Å². The summed E-state index contributed by atoms with van der Waals surface area (Å²) in [5, 5.41) is 14.3. The number of hydrogen-bond acceptors (Lipinski definition) is 4. The molecule has 0 spiro atoms. The van der Waals surface area contributed by atoms with Gasteiger partial charge in [-0.05, 0) is 37.6 Å². The summed E-state index contributed by atoms with van der Waals surface area (Å²) in [5.74, 6) is 0.580. The zero-order valence-corrected chi connectivity index (χ0v) is 12.9. The fourth-order valence-electron chi connectivity index (χ4n) is 1.87. The Morgan fingerprint density at radius 1 is 1.43 bits per heavy atom. The third-order valence-electron chi connectivity index (χ3n) is 2.85. The average molecular weight is 306 g/mol.